The summed E-state index contributed by atoms with van der Waals surface area (Å²) >= 11 is 0. The molecule has 0 aliphatic carbocycles. The van der Waals surface area contributed by atoms with Crippen molar-refractivity contribution in [2.24, 2.45) is 0 Å². The zero-order valence-electron chi connectivity index (χ0n) is 50.8. The van der Waals surface area contributed by atoms with Crippen LogP contribution in [0.2, 0.25) is 0 Å². The molecule has 0 fully saturated rings. The maximum Gasteiger partial charge on any atom is 0.306 e. The number of hydrogen-bond donors (Lipinski definition) is 0. The van der Waals surface area contributed by atoms with Gasteiger partial charge in [0.25, 0.3) is 0 Å². The van der Waals surface area contributed by atoms with Gasteiger partial charge < -0.3 is 14.2 Å². The summed E-state index contributed by atoms with van der Waals surface area (Å²) in [5.41, 5.74) is 0. The van der Waals surface area contributed by atoms with Gasteiger partial charge in [-0.15, -0.1) is 0 Å². The van der Waals surface area contributed by atoms with Gasteiger partial charge in [0.2, 0.25) is 0 Å². The van der Waals surface area contributed by atoms with Crippen LogP contribution in [0, 0.1) is 0 Å². The Kier molecular flexibility index (Phi) is 62.2. The van der Waals surface area contributed by atoms with Crippen molar-refractivity contribution in [3.8, 4) is 0 Å². The normalized spacial score (nSPS) is 12.4. The number of ether oxygens (including phenoxy) is 3. The van der Waals surface area contributed by atoms with E-state index in [1.165, 1.54) is 218 Å². The van der Waals surface area contributed by atoms with Crippen molar-refractivity contribution in [3.63, 3.8) is 0 Å². The Labute approximate surface area is 472 Å². The molecule has 0 aromatic heterocycles. The van der Waals surface area contributed by atoms with E-state index in [1.54, 1.807) is 0 Å². The van der Waals surface area contributed by atoms with Crippen LogP contribution in [0.5, 0.6) is 0 Å². The molecule has 0 aliphatic rings. The lowest BCUT2D eigenvalue weighted by atomic mass is 10.0. The monoisotopic (exact) mass is 1060 g/mol. The van der Waals surface area contributed by atoms with E-state index in [1.807, 2.05) is 0 Å². The fraction of sp³-hybridized carbons (Fsp3) is 0.814. The minimum absolute atomic E-state index is 0.0717. The molecule has 0 spiro atoms. The lowest BCUT2D eigenvalue weighted by molar-refractivity contribution is -0.167. The highest BCUT2D eigenvalue weighted by Gasteiger charge is 2.19. The fourth-order valence-electron chi connectivity index (χ4n) is 9.79. The molecule has 1 atom stereocenters. The van der Waals surface area contributed by atoms with Crippen molar-refractivity contribution in [1.82, 2.24) is 0 Å². The average Bonchev–Trinajstić information content (AvgIpc) is 3.42. The minimum Gasteiger partial charge on any atom is -0.462 e. The molecule has 76 heavy (non-hydrogen) atoms. The van der Waals surface area contributed by atoms with Gasteiger partial charge in [-0.2, -0.15) is 0 Å². The van der Waals surface area contributed by atoms with Crippen LogP contribution in [-0.2, 0) is 28.6 Å². The number of hydrogen-bond acceptors (Lipinski definition) is 6. The van der Waals surface area contributed by atoms with Gasteiger partial charge in [-0.05, 0) is 83.5 Å². The molecular weight excluding hydrogens is 937 g/mol. The van der Waals surface area contributed by atoms with Gasteiger partial charge in [0, 0.05) is 19.3 Å². The lowest BCUT2D eigenvalue weighted by Gasteiger charge is -2.18. The number of rotatable bonds is 61. The number of carbonyl (C=O) groups is 3. The maximum atomic E-state index is 12.9. The second kappa shape index (κ2) is 64.6. The zero-order valence-corrected chi connectivity index (χ0v) is 50.8. The van der Waals surface area contributed by atoms with Crippen LogP contribution in [-0.4, -0.2) is 37.2 Å². The number of esters is 3. The summed E-state index contributed by atoms with van der Waals surface area (Å²) in [6.45, 7) is 6.55. The van der Waals surface area contributed by atoms with Crippen LogP contribution < -0.4 is 0 Å². The summed E-state index contributed by atoms with van der Waals surface area (Å²) in [7, 11) is 0. The van der Waals surface area contributed by atoms with Gasteiger partial charge in [-0.1, -0.05) is 306 Å². The van der Waals surface area contributed by atoms with Gasteiger partial charge in [0.1, 0.15) is 13.2 Å². The van der Waals surface area contributed by atoms with Crippen molar-refractivity contribution in [1.29, 1.82) is 0 Å². The largest absolute Gasteiger partial charge is 0.462 e. The van der Waals surface area contributed by atoms with E-state index >= 15 is 0 Å². The molecule has 0 aliphatic heterocycles. The van der Waals surface area contributed by atoms with Crippen molar-refractivity contribution >= 4 is 17.9 Å². The third kappa shape index (κ3) is 62.0. The Hall–Kier alpha value is -2.89. The molecule has 6 heteroatoms. The SMILES string of the molecule is CC/C=C\C/C=C\C/C=C\C/C=C\CCCCCCCCCCCCCCCCCCC(=O)OCC(COC(=O)CCCCCCC/C=C\CCCCC)OC(=O)CCCCCCCCCCCCCCCCCCC. The van der Waals surface area contributed by atoms with Crippen LogP contribution >= 0.6 is 0 Å². The highest BCUT2D eigenvalue weighted by molar-refractivity contribution is 5.71. The Morgan fingerprint density at radius 1 is 0.276 bits per heavy atom. The van der Waals surface area contributed by atoms with Crippen LogP contribution in [0.3, 0.4) is 0 Å². The molecule has 442 valence electrons. The maximum absolute atomic E-state index is 12.9. The molecule has 0 saturated heterocycles. The topological polar surface area (TPSA) is 78.9 Å². The molecule has 0 bridgehead atoms. The molecule has 0 aromatic rings. The van der Waals surface area contributed by atoms with E-state index < -0.39 is 6.10 Å². The van der Waals surface area contributed by atoms with Crippen molar-refractivity contribution < 1.29 is 28.6 Å². The molecule has 0 rings (SSSR count). The first-order chi connectivity index (χ1) is 37.5. The highest BCUT2D eigenvalue weighted by Crippen LogP contribution is 2.18. The summed E-state index contributed by atoms with van der Waals surface area (Å²) < 4.78 is 16.9. The van der Waals surface area contributed by atoms with Crippen LogP contribution in [0.25, 0.3) is 0 Å². The van der Waals surface area contributed by atoms with E-state index in [2.05, 4.69) is 81.5 Å². The predicted octanol–water partition coefficient (Wildman–Crippen LogP) is 22.7. The number of carbonyl (C=O) groups excluding carboxylic acids is 3. The fourth-order valence-corrected chi connectivity index (χ4v) is 9.79. The summed E-state index contributed by atoms with van der Waals surface area (Å²) in [6.07, 6.45) is 82.4. The van der Waals surface area contributed by atoms with Crippen molar-refractivity contribution in [2.45, 2.75) is 354 Å². The third-order valence-electron chi connectivity index (χ3n) is 14.8. The van der Waals surface area contributed by atoms with Crippen LogP contribution in [0.1, 0.15) is 348 Å². The molecule has 6 nitrogen and oxygen atoms in total. The Morgan fingerprint density at radius 2 is 0.513 bits per heavy atom. The van der Waals surface area contributed by atoms with Crippen LogP contribution in [0.15, 0.2) is 60.8 Å². The molecule has 0 heterocycles. The summed E-state index contributed by atoms with van der Waals surface area (Å²) in [5, 5.41) is 0. The molecule has 1 unspecified atom stereocenters. The summed E-state index contributed by atoms with van der Waals surface area (Å²) in [4.78, 5) is 38.3. The zero-order chi connectivity index (χ0) is 55.0. The Balaban J connectivity index is 4.18. The predicted molar refractivity (Wildman–Crippen MR) is 330 cm³/mol. The Morgan fingerprint density at radius 3 is 0.842 bits per heavy atom. The number of unbranched alkanes of at least 4 members (excludes halogenated alkanes) is 40. The molecule has 0 N–H and O–H groups in total. The molecule has 0 amide bonds. The van der Waals surface area contributed by atoms with Gasteiger partial charge in [0.05, 0.1) is 0 Å². The highest BCUT2D eigenvalue weighted by atomic mass is 16.6. The Bertz CT molecular complexity index is 1360. The molecule has 0 aromatic carbocycles. The summed E-state index contributed by atoms with van der Waals surface area (Å²) in [5.74, 6) is -0.859. The first kappa shape index (κ1) is 73.1. The van der Waals surface area contributed by atoms with E-state index in [0.717, 1.165) is 89.9 Å². The smallest absolute Gasteiger partial charge is 0.306 e. The molecule has 0 saturated carbocycles. The van der Waals surface area contributed by atoms with Gasteiger partial charge in [0.15, 0.2) is 6.10 Å². The van der Waals surface area contributed by atoms with Gasteiger partial charge in [-0.3, -0.25) is 14.4 Å². The quantitative estimate of drug-likeness (QED) is 0.0261. The van der Waals surface area contributed by atoms with E-state index in [4.69, 9.17) is 14.2 Å². The first-order valence-electron chi connectivity index (χ1n) is 33.3. The third-order valence-corrected chi connectivity index (χ3v) is 14.8. The lowest BCUT2D eigenvalue weighted by Crippen LogP contribution is -2.30. The number of allylic oxidation sites excluding steroid dienone is 10. The first-order valence-corrected chi connectivity index (χ1v) is 33.3. The minimum atomic E-state index is -0.774. The van der Waals surface area contributed by atoms with Gasteiger partial charge >= 0.3 is 17.9 Å². The van der Waals surface area contributed by atoms with Crippen molar-refractivity contribution in [2.75, 3.05) is 13.2 Å². The molecule has 0 radical (unpaired) electrons. The van der Waals surface area contributed by atoms with Crippen molar-refractivity contribution in [3.05, 3.63) is 60.8 Å². The standard InChI is InChI=1S/C70H126O6/c1-4-7-10-13-16-19-22-25-27-29-30-31-32-33-34-35-36-37-38-39-40-42-43-45-48-51-54-57-60-63-69(72)75-66-67(65-74-68(71)62-59-56-53-50-47-24-21-18-15-12-9-6-3)76-70(73)64-61-58-55-52-49-46-44-41-28-26-23-20-17-14-11-8-5-2/h7,10,16,18-19,21,25,27,30-31,67H,4-6,8-9,11-15,17,20,22-24,26,28-29,32-66H2,1-3H3/b10-7-,19-16-,21-18-,27-25-,31-30-. The van der Waals surface area contributed by atoms with Gasteiger partial charge in [-0.25, -0.2) is 0 Å². The van der Waals surface area contributed by atoms with E-state index in [0.29, 0.717) is 19.3 Å². The van der Waals surface area contributed by atoms with E-state index in [9.17, 15) is 14.4 Å². The second-order valence-corrected chi connectivity index (χ2v) is 22.4. The second-order valence-electron chi connectivity index (χ2n) is 22.4. The average molecular weight is 1060 g/mol. The van der Waals surface area contributed by atoms with Crippen LogP contribution in [0.4, 0.5) is 0 Å². The summed E-state index contributed by atoms with van der Waals surface area (Å²) in [6, 6.07) is 0. The molecular formula is C70H126O6. The van der Waals surface area contributed by atoms with E-state index in [-0.39, 0.29) is 31.1 Å².